The third-order valence-electron chi connectivity index (χ3n) is 4.52. The Morgan fingerprint density at radius 3 is 2.54 bits per heavy atom. The summed E-state index contributed by atoms with van der Waals surface area (Å²) in [6.07, 6.45) is 5.74. The molecule has 1 N–H and O–H groups in total. The highest BCUT2D eigenvalue weighted by molar-refractivity contribution is 7.89. The van der Waals surface area contributed by atoms with Crippen LogP contribution in [0.15, 0.2) is 23.2 Å². The number of rotatable bonds is 7. The molecule has 2 aliphatic rings. The number of carbonyl (C=O) groups is 1. The van der Waals surface area contributed by atoms with E-state index in [9.17, 15) is 13.2 Å². The number of nitrogens with zero attached hydrogens (tertiary/aromatic N) is 3. The number of amides is 1. The highest BCUT2D eigenvalue weighted by Gasteiger charge is 2.27. The summed E-state index contributed by atoms with van der Waals surface area (Å²) < 4.78 is 26.3. The molecule has 24 heavy (non-hydrogen) atoms. The molecule has 1 aromatic rings. The molecular formula is C16H24N4O3S. The first-order valence-electron chi connectivity index (χ1n) is 8.55. The molecule has 1 amide bonds. The van der Waals surface area contributed by atoms with Crippen molar-refractivity contribution in [3.8, 4) is 0 Å². The van der Waals surface area contributed by atoms with Crippen LogP contribution >= 0.6 is 0 Å². The van der Waals surface area contributed by atoms with E-state index in [1.54, 1.807) is 12.1 Å². The van der Waals surface area contributed by atoms with Gasteiger partial charge >= 0.3 is 0 Å². The summed E-state index contributed by atoms with van der Waals surface area (Å²) >= 11 is 0. The average Bonchev–Trinajstić information content (AvgIpc) is 3.24. The largest absolute Gasteiger partial charge is 0.370 e. The van der Waals surface area contributed by atoms with Crippen LogP contribution in [-0.2, 0) is 14.8 Å². The number of pyridine rings is 1. The fraction of sp³-hybridized carbons (Fsp3) is 0.625. The molecule has 0 radical (unpaired) electrons. The summed E-state index contributed by atoms with van der Waals surface area (Å²) in [5.74, 6) is 0.896. The van der Waals surface area contributed by atoms with E-state index in [0.29, 0.717) is 31.9 Å². The fourth-order valence-corrected chi connectivity index (χ4v) is 4.60. The van der Waals surface area contributed by atoms with Gasteiger partial charge in [0.05, 0.1) is 0 Å². The van der Waals surface area contributed by atoms with Crippen LogP contribution in [-0.4, -0.2) is 61.2 Å². The highest BCUT2D eigenvalue weighted by Crippen LogP contribution is 2.20. The Bertz CT molecular complexity index is 669. The van der Waals surface area contributed by atoms with E-state index in [-0.39, 0.29) is 10.8 Å². The van der Waals surface area contributed by atoms with Gasteiger partial charge in [0.25, 0.3) is 0 Å². The van der Waals surface area contributed by atoms with Crippen molar-refractivity contribution in [1.82, 2.24) is 14.2 Å². The zero-order valence-electron chi connectivity index (χ0n) is 13.8. The van der Waals surface area contributed by atoms with Crippen LogP contribution in [0, 0.1) is 0 Å². The summed E-state index contributed by atoms with van der Waals surface area (Å²) in [6.45, 7) is 3.51. The molecule has 3 rings (SSSR count). The van der Waals surface area contributed by atoms with Crippen molar-refractivity contribution in [2.75, 3.05) is 38.0 Å². The van der Waals surface area contributed by atoms with Gasteiger partial charge < -0.3 is 10.2 Å². The van der Waals surface area contributed by atoms with Gasteiger partial charge in [-0.3, -0.25) is 4.79 Å². The Hall–Kier alpha value is -1.67. The molecule has 0 aliphatic carbocycles. The quantitative estimate of drug-likeness (QED) is 0.748. The van der Waals surface area contributed by atoms with Gasteiger partial charge in [-0.1, -0.05) is 0 Å². The van der Waals surface area contributed by atoms with Gasteiger partial charge in [-0.2, -0.15) is 4.31 Å². The normalized spacial score (nSPS) is 19.2. The first kappa shape index (κ1) is 17.2. The van der Waals surface area contributed by atoms with Crippen LogP contribution in [0.4, 0.5) is 5.82 Å². The molecule has 132 valence electrons. The van der Waals surface area contributed by atoms with Crippen molar-refractivity contribution >= 4 is 21.7 Å². The standard InChI is InChI=1S/C16H24N4O3S/c21-16-5-3-9-19(16)10-4-8-17-15-7-6-14(13-18-15)24(22,23)20-11-1-2-12-20/h6-7,13H,1-5,8-12H2,(H,17,18). The smallest absolute Gasteiger partial charge is 0.244 e. The third-order valence-corrected chi connectivity index (χ3v) is 6.40. The summed E-state index contributed by atoms with van der Waals surface area (Å²) in [6, 6.07) is 3.30. The van der Waals surface area contributed by atoms with E-state index in [4.69, 9.17) is 0 Å². The van der Waals surface area contributed by atoms with Crippen molar-refractivity contribution in [3.63, 3.8) is 0 Å². The molecule has 1 aromatic heterocycles. The minimum absolute atomic E-state index is 0.240. The van der Waals surface area contributed by atoms with Crippen LogP contribution < -0.4 is 5.32 Å². The Kier molecular flexibility index (Phi) is 5.35. The summed E-state index contributed by atoms with van der Waals surface area (Å²) in [4.78, 5) is 17.9. The Labute approximate surface area is 143 Å². The second-order valence-electron chi connectivity index (χ2n) is 6.26. The lowest BCUT2D eigenvalue weighted by Gasteiger charge is -2.16. The zero-order chi connectivity index (χ0) is 17.0. The van der Waals surface area contributed by atoms with E-state index in [1.807, 2.05) is 4.90 Å². The molecule has 0 bridgehead atoms. The van der Waals surface area contributed by atoms with Crippen LogP contribution in [0.25, 0.3) is 0 Å². The molecule has 7 nitrogen and oxygen atoms in total. The van der Waals surface area contributed by atoms with Gasteiger partial charge in [0.1, 0.15) is 10.7 Å². The van der Waals surface area contributed by atoms with Gasteiger partial charge in [0.15, 0.2) is 0 Å². The molecule has 2 aliphatic heterocycles. The molecule has 0 spiro atoms. The van der Waals surface area contributed by atoms with Crippen LogP contribution in [0.1, 0.15) is 32.1 Å². The highest BCUT2D eigenvalue weighted by atomic mass is 32.2. The predicted molar refractivity (Wildman–Crippen MR) is 91.2 cm³/mol. The number of likely N-dealkylation sites (tertiary alicyclic amines) is 1. The predicted octanol–water partition coefficient (Wildman–Crippen LogP) is 1.29. The SMILES string of the molecule is O=C1CCCN1CCCNc1ccc(S(=O)(=O)N2CCCC2)cn1. The molecule has 2 fully saturated rings. The third kappa shape index (κ3) is 3.87. The number of sulfonamides is 1. The summed E-state index contributed by atoms with van der Waals surface area (Å²) in [7, 11) is -3.40. The van der Waals surface area contributed by atoms with Crippen molar-refractivity contribution < 1.29 is 13.2 Å². The van der Waals surface area contributed by atoms with Crippen LogP contribution in [0.3, 0.4) is 0 Å². The van der Waals surface area contributed by atoms with Gasteiger partial charge in [-0.15, -0.1) is 0 Å². The summed E-state index contributed by atoms with van der Waals surface area (Å²) in [5, 5.41) is 3.17. The lowest BCUT2D eigenvalue weighted by atomic mass is 10.3. The maximum absolute atomic E-state index is 12.4. The van der Waals surface area contributed by atoms with Gasteiger partial charge in [0, 0.05) is 45.3 Å². The van der Waals surface area contributed by atoms with E-state index in [1.165, 1.54) is 10.5 Å². The minimum atomic E-state index is -3.40. The van der Waals surface area contributed by atoms with Crippen molar-refractivity contribution in [2.45, 2.75) is 37.0 Å². The fourth-order valence-electron chi connectivity index (χ4n) is 3.14. The first-order valence-corrected chi connectivity index (χ1v) is 9.99. The zero-order valence-corrected chi connectivity index (χ0v) is 14.6. The lowest BCUT2D eigenvalue weighted by Crippen LogP contribution is -2.28. The first-order chi connectivity index (χ1) is 11.6. The Morgan fingerprint density at radius 1 is 1.12 bits per heavy atom. The number of aromatic nitrogens is 1. The van der Waals surface area contributed by atoms with Gasteiger partial charge in [-0.05, 0) is 37.8 Å². The van der Waals surface area contributed by atoms with Crippen LogP contribution in [0.2, 0.25) is 0 Å². The van der Waals surface area contributed by atoms with E-state index < -0.39 is 10.0 Å². The summed E-state index contributed by atoms with van der Waals surface area (Å²) in [5.41, 5.74) is 0. The molecule has 0 unspecified atom stereocenters. The lowest BCUT2D eigenvalue weighted by molar-refractivity contribution is -0.127. The number of hydrogen-bond donors (Lipinski definition) is 1. The molecule has 2 saturated heterocycles. The number of nitrogens with one attached hydrogen (secondary N) is 1. The number of carbonyl (C=O) groups excluding carboxylic acids is 1. The molecule has 3 heterocycles. The van der Waals surface area contributed by atoms with Crippen LogP contribution in [0.5, 0.6) is 0 Å². The van der Waals surface area contributed by atoms with Gasteiger partial charge in [0.2, 0.25) is 15.9 Å². The average molecular weight is 352 g/mol. The number of anilines is 1. The number of hydrogen-bond acceptors (Lipinski definition) is 5. The molecule has 0 atom stereocenters. The van der Waals surface area contributed by atoms with Crippen molar-refractivity contribution in [3.05, 3.63) is 18.3 Å². The second kappa shape index (κ2) is 7.48. The molecule has 8 heteroatoms. The van der Waals surface area contributed by atoms with Gasteiger partial charge in [-0.25, -0.2) is 13.4 Å². The maximum Gasteiger partial charge on any atom is 0.244 e. The Morgan fingerprint density at radius 2 is 1.92 bits per heavy atom. The monoisotopic (exact) mass is 352 g/mol. The molecule has 0 aromatic carbocycles. The van der Waals surface area contributed by atoms with E-state index >= 15 is 0 Å². The van der Waals surface area contributed by atoms with E-state index in [2.05, 4.69) is 10.3 Å². The molecule has 0 saturated carbocycles. The topological polar surface area (TPSA) is 82.6 Å². The Balaban J connectivity index is 1.48. The van der Waals surface area contributed by atoms with Crippen molar-refractivity contribution in [2.24, 2.45) is 0 Å². The maximum atomic E-state index is 12.4. The molecular weight excluding hydrogens is 328 g/mol. The minimum Gasteiger partial charge on any atom is -0.370 e. The van der Waals surface area contributed by atoms with Crippen molar-refractivity contribution in [1.29, 1.82) is 0 Å². The van der Waals surface area contributed by atoms with E-state index in [0.717, 1.165) is 38.8 Å². The second-order valence-corrected chi connectivity index (χ2v) is 8.19.